The van der Waals surface area contributed by atoms with Crippen LogP contribution in [-0.2, 0) is 9.47 Å². The molecule has 1 fully saturated rings. The molecule has 1 aliphatic rings. The Morgan fingerprint density at radius 1 is 0.458 bits per heavy atom. The largest absolute Gasteiger partial charge is 0.379 e. The van der Waals surface area contributed by atoms with Crippen molar-refractivity contribution in [3.63, 3.8) is 0 Å². The third-order valence-corrected chi connectivity index (χ3v) is 9.03. The zero-order valence-corrected chi connectivity index (χ0v) is 32.0. The van der Waals surface area contributed by atoms with Gasteiger partial charge in [0.05, 0.1) is 12.7 Å². The quantitative estimate of drug-likeness (QED) is 0.0497. The van der Waals surface area contributed by atoms with E-state index >= 15 is 0 Å². The van der Waals surface area contributed by atoms with Crippen LogP contribution in [0.25, 0.3) is 0 Å². The number of hydrogen-bond acceptors (Lipinski definition) is 3. The van der Waals surface area contributed by atoms with Gasteiger partial charge in [-0.25, -0.2) is 0 Å². The summed E-state index contributed by atoms with van der Waals surface area (Å²) in [5, 5.41) is 0. The highest BCUT2D eigenvalue weighted by Crippen LogP contribution is 2.12. The Kier molecular flexibility index (Phi) is 35.2. The van der Waals surface area contributed by atoms with E-state index in [2.05, 4.69) is 91.7 Å². The van der Waals surface area contributed by atoms with Gasteiger partial charge in [0.2, 0.25) is 0 Å². The molecule has 1 heterocycles. The van der Waals surface area contributed by atoms with Crippen LogP contribution < -0.4 is 0 Å². The fourth-order valence-corrected chi connectivity index (χ4v) is 5.99. The summed E-state index contributed by atoms with van der Waals surface area (Å²) in [7, 11) is 0. The van der Waals surface area contributed by atoms with Gasteiger partial charge >= 0.3 is 0 Å². The summed E-state index contributed by atoms with van der Waals surface area (Å²) in [5.41, 5.74) is 0. The van der Waals surface area contributed by atoms with E-state index in [1.54, 1.807) is 0 Å². The highest BCUT2D eigenvalue weighted by Gasteiger charge is 2.18. The van der Waals surface area contributed by atoms with Crippen molar-refractivity contribution in [1.29, 1.82) is 0 Å². The molecule has 0 spiro atoms. The monoisotopic (exact) mass is 666 g/mol. The molecule has 0 N–H and O–H groups in total. The van der Waals surface area contributed by atoms with E-state index in [-0.39, 0.29) is 6.10 Å². The molecule has 0 aromatic heterocycles. The fourth-order valence-electron chi connectivity index (χ4n) is 5.99. The summed E-state index contributed by atoms with van der Waals surface area (Å²) < 4.78 is 12.5. The molecule has 1 saturated heterocycles. The lowest BCUT2D eigenvalue weighted by molar-refractivity contribution is -0.0315. The molecule has 1 rings (SSSR count). The Hall–Kier alpha value is -1.68. The number of hydrogen-bond donors (Lipinski definition) is 0. The molecule has 1 unspecified atom stereocenters. The molecule has 3 heteroatoms. The third-order valence-electron chi connectivity index (χ3n) is 9.03. The van der Waals surface area contributed by atoms with Gasteiger partial charge in [0.1, 0.15) is 0 Å². The molecule has 0 aliphatic carbocycles. The molecule has 0 radical (unpaired) electrons. The van der Waals surface area contributed by atoms with E-state index in [0.29, 0.717) is 0 Å². The Morgan fingerprint density at radius 3 is 1.35 bits per heavy atom. The predicted molar refractivity (Wildman–Crippen MR) is 214 cm³/mol. The van der Waals surface area contributed by atoms with Gasteiger partial charge in [0.25, 0.3) is 0 Å². The van der Waals surface area contributed by atoms with E-state index in [9.17, 15) is 0 Å². The number of allylic oxidation sites excluding steroid dienone is 12. The van der Waals surface area contributed by atoms with Gasteiger partial charge in [-0.05, 0) is 116 Å². The van der Waals surface area contributed by atoms with E-state index in [1.165, 1.54) is 129 Å². The predicted octanol–water partition coefficient (Wildman–Crippen LogP) is 13.4. The Bertz CT molecular complexity index is 817. The van der Waals surface area contributed by atoms with Crippen LogP contribution in [0, 0.1) is 0 Å². The minimum atomic E-state index is 0.217. The molecular weight excluding hydrogens is 587 g/mol. The van der Waals surface area contributed by atoms with Gasteiger partial charge in [-0.15, -0.1) is 0 Å². The van der Waals surface area contributed by atoms with Crippen molar-refractivity contribution >= 4 is 0 Å². The van der Waals surface area contributed by atoms with Gasteiger partial charge in [0.15, 0.2) is 0 Å². The van der Waals surface area contributed by atoms with E-state index in [4.69, 9.17) is 9.47 Å². The summed E-state index contributed by atoms with van der Waals surface area (Å²) >= 11 is 0. The number of nitrogens with zero attached hydrogens (tertiary/aromatic N) is 1. The smallest absolute Gasteiger partial charge is 0.0934 e. The van der Waals surface area contributed by atoms with Gasteiger partial charge in [-0.2, -0.15) is 0 Å². The summed E-state index contributed by atoms with van der Waals surface area (Å²) in [5.74, 6) is 0. The summed E-state index contributed by atoms with van der Waals surface area (Å²) in [4.78, 5) is 2.57. The zero-order valence-electron chi connectivity index (χ0n) is 32.0. The number of ether oxygens (including phenoxy) is 2. The summed E-state index contributed by atoms with van der Waals surface area (Å²) in [6, 6.07) is 0. The average Bonchev–Trinajstić information content (AvgIpc) is 3.61. The van der Waals surface area contributed by atoms with Crippen LogP contribution in [0.15, 0.2) is 72.9 Å². The Labute approximate surface area is 300 Å². The van der Waals surface area contributed by atoms with Crippen LogP contribution in [0.2, 0.25) is 0 Å². The summed E-state index contributed by atoms with van der Waals surface area (Å²) in [6.07, 6.45) is 57.8. The van der Waals surface area contributed by atoms with E-state index < -0.39 is 0 Å². The van der Waals surface area contributed by atoms with Gasteiger partial charge in [0, 0.05) is 19.8 Å². The van der Waals surface area contributed by atoms with Crippen LogP contribution >= 0.6 is 0 Å². The maximum absolute atomic E-state index is 6.36. The molecular formula is C45H79NO2. The topological polar surface area (TPSA) is 21.7 Å². The molecule has 3 nitrogen and oxygen atoms in total. The first kappa shape index (κ1) is 44.3. The van der Waals surface area contributed by atoms with Gasteiger partial charge < -0.3 is 14.4 Å². The number of rotatable bonds is 35. The third kappa shape index (κ3) is 32.8. The fraction of sp³-hybridized carbons (Fsp3) is 0.733. The van der Waals surface area contributed by atoms with Crippen molar-refractivity contribution in [2.75, 3.05) is 39.5 Å². The second-order valence-electron chi connectivity index (χ2n) is 13.7. The van der Waals surface area contributed by atoms with Crippen molar-refractivity contribution in [2.24, 2.45) is 0 Å². The highest BCUT2D eigenvalue weighted by atomic mass is 16.5. The van der Waals surface area contributed by atoms with Crippen LogP contribution in [-0.4, -0.2) is 50.5 Å². The van der Waals surface area contributed by atoms with Gasteiger partial charge in [-0.3, -0.25) is 0 Å². The van der Waals surface area contributed by atoms with Crippen molar-refractivity contribution in [3.8, 4) is 0 Å². The number of likely N-dealkylation sites (tertiary alicyclic amines) is 1. The van der Waals surface area contributed by atoms with Crippen molar-refractivity contribution in [3.05, 3.63) is 72.9 Å². The van der Waals surface area contributed by atoms with Crippen molar-refractivity contribution in [1.82, 2.24) is 4.90 Å². The van der Waals surface area contributed by atoms with Crippen LogP contribution in [0.1, 0.15) is 168 Å². The highest BCUT2D eigenvalue weighted by molar-refractivity contribution is 4.99. The maximum atomic E-state index is 6.36. The molecule has 1 atom stereocenters. The molecule has 0 saturated carbocycles. The molecule has 1 aliphatic heterocycles. The lowest BCUT2D eigenvalue weighted by Crippen LogP contribution is -2.35. The first-order chi connectivity index (χ1) is 23.9. The number of unbranched alkanes of at least 4 members (excludes halogenated alkanes) is 14. The van der Waals surface area contributed by atoms with Gasteiger partial charge in [-0.1, -0.05) is 138 Å². The standard InChI is InChI=1S/C45H79NO2/c1-3-5-7-9-11-13-15-17-19-21-22-23-25-27-29-31-33-37-41-47-44-45(43-46-39-35-36-40-46)48-42-38-34-32-30-28-26-24-20-18-16-14-12-10-8-6-4-2/h11-14,17-20,22-23,27,29,45H,3-10,15-16,21,24-26,28,30-44H2,1-2H3/b13-11-,14-12-,19-17-,20-18-,23-22-,29-27-. The normalized spacial score (nSPS) is 15.4. The van der Waals surface area contributed by atoms with Crippen LogP contribution in [0.3, 0.4) is 0 Å². The molecule has 276 valence electrons. The van der Waals surface area contributed by atoms with E-state index in [0.717, 1.165) is 64.9 Å². The van der Waals surface area contributed by atoms with Crippen LogP contribution in [0.4, 0.5) is 0 Å². The summed E-state index contributed by atoms with van der Waals surface area (Å²) in [6.45, 7) is 10.5. The maximum Gasteiger partial charge on any atom is 0.0934 e. The second-order valence-corrected chi connectivity index (χ2v) is 13.7. The zero-order chi connectivity index (χ0) is 34.3. The van der Waals surface area contributed by atoms with E-state index in [1.807, 2.05) is 0 Å². The Balaban J connectivity index is 2.01. The molecule has 48 heavy (non-hydrogen) atoms. The van der Waals surface area contributed by atoms with Crippen LogP contribution in [0.5, 0.6) is 0 Å². The first-order valence-corrected chi connectivity index (χ1v) is 20.7. The second kappa shape index (κ2) is 38.1. The minimum Gasteiger partial charge on any atom is -0.379 e. The Morgan fingerprint density at radius 2 is 0.854 bits per heavy atom. The lowest BCUT2D eigenvalue weighted by atomic mass is 10.1. The van der Waals surface area contributed by atoms with Crippen molar-refractivity contribution in [2.45, 2.75) is 174 Å². The molecule has 0 amide bonds. The first-order valence-electron chi connectivity index (χ1n) is 20.7. The molecule has 0 aromatic rings. The minimum absolute atomic E-state index is 0.217. The molecule has 0 aromatic carbocycles. The SMILES string of the molecule is CCCCC/C=C\C/C=C\C/C=C\C/C=C\CCCCOCC(CN1CCCC1)OCCCCCCCC/C=C\C/C=C\CCCCC. The average molecular weight is 666 g/mol. The molecule has 0 bridgehead atoms. The van der Waals surface area contributed by atoms with Crippen molar-refractivity contribution < 1.29 is 9.47 Å². The lowest BCUT2D eigenvalue weighted by Gasteiger charge is -2.24.